The number of hydrogen-bond acceptors (Lipinski definition) is 5. The minimum Gasteiger partial charge on any atom is -0.497 e. The zero-order valence-electron chi connectivity index (χ0n) is 14.7. The van der Waals surface area contributed by atoms with Crippen LogP contribution in [-0.2, 0) is 16.1 Å². The third-order valence-electron chi connectivity index (χ3n) is 3.79. The first-order chi connectivity index (χ1) is 13.2. The molecule has 0 unspecified atom stereocenters. The summed E-state index contributed by atoms with van der Waals surface area (Å²) in [4.78, 5) is 12.2. The smallest absolute Gasteiger partial charge is 0.349 e. The average molecular weight is 359 g/mol. The SMILES string of the molecule is COc1ccc(/C=C(\C#N)C(=O)OCc2cnn(-c3ccccc3)c2)cc1. The lowest BCUT2D eigenvalue weighted by Crippen LogP contribution is -2.06. The van der Waals surface area contributed by atoms with E-state index in [1.807, 2.05) is 36.4 Å². The Bertz CT molecular complexity index is 984. The first kappa shape index (κ1) is 18.0. The van der Waals surface area contributed by atoms with Crippen LogP contribution >= 0.6 is 0 Å². The number of nitrogens with zero attached hydrogens (tertiary/aromatic N) is 3. The number of nitriles is 1. The lowest BCUT2D eigenvalue weighted by Gasteiger charge is -2.03. The zero-order valence-corrected chi connectivity index (χ0v) is 14.7. The highest BCUT2D eigenvalue weighted by Crippen LogP contribution is 2.15. The van der Waals surface area contributed by atoms with E-state index in [2.05, 4.69) is 5.10 Å². The van der Waals surface area contributed by atoms with E-state index in [1.165, 1.54) is 6.08 Å². The molecule has 0 saturated heterocycles. The maximum Gasteiger partial charge on any atom is 0.349 e. The van der Waals surface area contributed by atoms with Gasteiger partial charge in [0.05, 0.1) is 19.0 Å². The predicted octanol–water partition coefficient (Wildman–Crippen LogP) is 3.53. The fraction of sp³-hybridized carbons (Fsp3) is 0.0952. The Morgan fingerprint density at radius 2 is 1.93 bits per heavy atom. The summed E-state index contributed by atoms with van der Waals surface area (Å²) in [6.45, 7) is 0.0350. The van der Waals surface area contributed by atoms with Gasteiger partial charge in [0.1, 0.15) is 24.0 Å². The van der Waals surface area contributed by atoms with Crippen LogP contribution in [0.25, 0.3) is 11.8 Å². The van der Waals surface area contributed by atoms with Crippen LogP contribution in [0.2, 0.25) is 0 Å². The molecule has 6 nitrogen and oxygen atoms in total. The van der Waals surface area contributed by atoms with Crippen LogP contribution in [-0.4, -0.2) is 22.9 Å². The monoisotopic (exact) mass is 359 g/mol. The first-order valence-corrected chi connectivity index (χ1v) is 8.21. The van der Waals surface area contributed by atoms with Gasteiger partial charge in [-0.25, -0.2) is 9.48 Å². The molecule has 3 rings (SSSR count). The Morgan fingerprint density at radius 3 is 2.59 bits per heavy atom. The summed E-state index contributed by atoms with van der Waals surface area (Å²) >= 11 is 0. The molecule has 1 aromatic heterocycles. The second-order valence-corrected chi connectivity index (χ2v) is 5.65. The normalized spacial score (nSPS) is 10.9. The van der Waals surface area contributed by atoms with E-state index in [9.17, 15) is 10.1 Å². The average Bonchev–Trinajstić information content (AvgIpc) is 3.20. The molecule has 0 radical (unpaired) electrons. The quantitative estimate of drug-likeness (QED) is 0.382. The summed E-state index contributed by atoms with van der Waals surface area (Å²) in [5, 5.41) is 13.5. The van der Waals surface area contributed by atoms with E-state index in [0.29, 0.717) is 11.3 Å². The van der Waals surface area contributed by atoms with Gasteiger partial charge in [-0.2, -0.15) is 10.4 Å². The Hall–Kier alpha value is -3.85. The Kier molecular flexibility index (Phi) is 5.65. The standard InChI is InChI=1S/C21H17N3O3/c1-26-20-9-7-16(8-10-20)11-18(12-22)21(25)27-15-17-13-23-24(14-17)19-5-3-2-4-6-19/h2-11,13-14H,15H2,1H3/b18-11+. The molecular formula is C21H17N3O3. The molecule has 0 fully saturated rings. The van der Waals surface area contributed by atoms with Crippen molar-refractivity contribution in [2.75, 3.05) is 7.11 Å². The molecule has 0 atom stereocenters. The molecule has 134 valence electrons. The van der Waals surface area contributed by atoms with Crippen LogP contribution in [0.1, 0.15) is 11.1 Å². The van der Waals surface area contributed by atoms with Crippen molar-refractivity contribution in [3.8, 4) is 17.5 Å². The summed E-state index contributed by atoms with van der Waals surface area (Å²) in [5.41, 5.74) is 2.28. The number of aromatic nitrogens is 2. The highest BCUT2D eigenvalue weighted by molar-refractivity contribution is 5.97. The van der Waals surface area contributed by atoms with Crippen LogP contribution < -0.4 is 4.74 Å². The van der Waals surface area contributed by atoms with E-state index < -0.39 is 5.97 Å². The molecule has 1 heterocycles. The molecule has 27 heavy (non-hydrogen) atoms. The van der Waals surface area contributed by atoms with Crippen molar-refractivity contribution < 1.29 is 14.3 Å². The number of methoxy groups -OCH3 is 1. The highest BCUT2D eigenvalue weighted by Gasteiger charge is 2.12. The number of esters is 1. The molecular weight excluding hydrogens is 342 g/mol. The second-order valence-electron chi connectivity index (χ2n) is 5.65. The van der Waals surface area contributed by atoms with Gasteiger partial charge in [-0.1, -0.05) is 30.3 Å². The fourth-order valence-corrected chi connectivity index (χ4v) is 2.39. The van der Waals surface area contributed by atoms with Crippen LogP contribution in [0, 0.1) is 11.3 Å². The second kappa shape index (κ2) is 8.50. The Morgan fingerprint density at radius 1 is 1.19 bits per heavy atom. The minimum absolute atomic E-state index is 0.0350. The van der Waals surface area contributed by atoms with Gasteiger partial charge in [-0.05, 0) is 35.9 Å². The minimum atomic E-state index is -0.680. The van der Waals surface area contributed by atoms with Gasteiger partial charge in [0, 0.05) is 11.8 Å². The molecule has 0 aliphatic heterocycles. The molecule has 6 heteroatoms. The maximum absolute atomic E-state index is 12.2. The van der Waals surface area contributed by atoms with Crippen molar-refractivity contribution in [2.24, 2.45) is 0 Å². The Balaban J connectivity index is 1.64. The molecule has 2 aromatic carbocycles. The topological polar surface area (TPSA) is 77.1 Å². The van der Waals surface area contributed by atoms with Gasteiger partial charge >= 0.3 is 5.97 Å². The van der Waals surface area contributed by atoms with Crippen molar-refractivity contribution in [1.29, 1.82) is 5.26 Å². The first-order valence-electron chi connectivity index (χ1n) is 8.21. The van der Waals surface area contributed by atoms with E-state index >= 15 is 0 Å². The van der Waals surface area contributed by atoms with Crippen molar-refractivity contribution >= 4 is 12.0 Å². The Labute approximate surface area is 156 Å². The lowest BCUT2D eigenvalue weighted by molar-refractivity contribution is -0.139. The van der Waals surface area contributed by atoms with Gasteiger partial charge < -0.3 is 9.47 Å². The summed E-state index contributed by atoms with van der Waals surface area (Å²) in [6, 6.07) is 18.5. The lowest BCUT2D eigenvalue weighted by atomic mass is 10.1. The number of carbonyl (C=O) groups is 1. The summed E-state index contributed by atoms with van der Waals surface area (Å²) in [5.74, 6) is 0.0180. The molecule has 3 aromatic rings. The van der Waals surface area contributed by atoms with E-state index in [1.54, 1.807) is 48.5 Å². The fourth-order valence-electron chi connectivity index (χ4n) is 2.39. The van der Waals surface area contributed by atoms with Crippen LogP contribution in [0.4, 0.5) is 0 Å². The zero-order chi connectivity index (χ0) is 19.1. The third-order valence-corrected chi connectivity index (χ3v) is 3.79. The highest BCUT2D eigenvalue weighted by atomic mass is 16.5. The van der Waals surface area contributed by atoms with E-state index in [-0.39, 0.29) is 12.2 Å². The number of carbonyl (C=O) groups excluding carboxylic acids is 1. The summed E-state index contributed by atoms with van der Waals surface area (Å²) in [6.07, 6.45) is 4.89. The van der Waals surface area contributed by atoms with Crippen molar-refractivity contribution in [3.05, 3.63) is 83.7 Å². The third kappa shape index (κ3) is 4.61. The number of para-hydroxylation sites is 1. The number of benzene rings is 2. The van der Waals surface area contributed by atoms with Crippen LogP contribution in [0.15, 0.2) is 72.6 Å². The van der Waals surface area contributed by atoms with Crippen molar-refractivity contribution in [2.45, 2.75) is 6.61 Å². The van der Waals surface area contributed by atoms with Crippen LogP contribution in [0.5, 0.6) is 5.75 Å². The largest absolute Gasteiger partial charge is 0.497 e. The predicted molar refractivity (Wildman–Crippen MR) is 99.9 cm³/mol. The van der Waals surface area contributed by atoms with E-state index in [0.717, 1.165) is 11.3 Å². The molecule has 0 aliphatic carbocycles. The van der Waals surface area contributed by atoms with Gasteiger partial charge in [-0.15, -0.1) is 0 Å². The van der Waals surface area contributed by atoms with Crippen molar-refractivity contribution in [1.82, 2.24) is 9.78 Å². The molecule has 0 amide bonds. The van der Waals surface area contributed by atoms with Gasteiger partial charge in [0.25, 0.3) is 0 Å². The van der Waals surface area contributed by atoms with Gasteiger partial charge in [-0.3, -0.25) is 0 Å². The van der Waals surface area contributed by atoms with E-state index in [4.69, 9.17) is 9.47 Å². The number of rotatable bonds is 6. The van der Waals surface area contributed by atoms with Crippen molar-refractivity contribution in [3.63, 3.8) is 0 Å². The van der Waals surface area contributed by atoms with Crippen LogP contribution in [0.3, 0.4) is 0 Å². The number of ether oxygens (including phenoxy) is 2. The molecule has 0 spiro atoms. The summed E-state index contributed by atoms with van der Waals surface area (Å²) in [7, 11) is 1.57. The summed E-state index contributed by atoms with van der Waals surface area (Å²) < 4.78 is 12.0. The van der Waals surface area contributed by atoms with Gasteiger partial charge in [0.15, 0.2) is 0 Å². The molecule has 0 N–H and O–H groups in total. The molecule has 0 saturated carbocycles. The number of hydrogen-bond donors (Lipinski definition) is 0. The molecule has 0 bridgehead atoms. The molecule has 0 aliphatic rings. The van der Waals surface area contributed by atoms with Gasteiger partial charge in [0.2, 0.25) is 0 Å². The maximum atomic E-state index is 12.2.